The predicted octanol–water partition coefficient (Wildman–Crippen LogP) is 1.22. The summed E-state index contributed by atoms with van der Waals surface area (Å²) >= 11 is 0. The van der Waals surface area contributed by atoms with Crippen LogP contribution in [0.1, 0.15) is 0 Å². The predicted molar refractivity (Wildman–Crippen MR) is 50.5 cm³/mol. The van der Waals surface area contributed by atoms with Gasteiger partial charge in [0.25, 0.3) is 0 Å². The van der Waals surface area contributed by atoms with Crippen LogP contribution < -0.4 is 10.5 Å². The number of fused-ring (bicyclic) bond motifs is 1. The Bertz CT molecular complexity index is 442. The standard InChI is InChI=1S/C9H9N3O/c1-13-7-4-2-3-6-5-11-9(10)12-8(6)7/h2-5H,1H3,(H2,10,11,12). The van der Waals surface area contributed by atoms with Crippen LogP contribution in [0.4, 0.5) is 5.95 Å². The molecule has 0 amide bonds. The number of methoxy groups -OCH3 is 1. The molecule has 0 spiro atoms. The number of benzene rings is 1. The fourth-order valence-electron chi connectivity index (χ4n) is 1.21. The third-order valence-corrected chi connectivity index (χ3v) is 1.81. The van der Waals surface area contributed by atoms with Gasteiger partial charge in [-0.2, -0.15) is 0 Å². The number of para-hydroxylation sites is 1. The first-order valence-electron chi connectivity index (χ1n) is 3.86. The van der Waals surface area contributed by atoms with E-state index >= 15 is 0 Å². The average Bonchev–Trinajstić information content (AvgIpc) is 2.17. The largest absolute Gasteiger partial charge is 0.494 e. The maximum Gasteiger partial charge on any atom is 0.220 e. The highest BCUT2D eigenvalue weighted by Crippen LogP contribution is 2.22. The third-order valence-electron chi connectivity index (χ3n) is 1.81. The molecule has 0 fully saturated rings. The molecule has 0 saturated carbocycles. The lowest BCUT2D eigenvalue weighted by Crippen LogP contribution is -1.95. The number of aromatic nitrogens is 2. The number of hydrogen-bond donors (Lipinski definition) is 1. The summed E-state index contributed by atoms with van der Waals surface area (Å²) in [4.78, 5) is 7.98. The van der Waals surface area contributed by atoms with E-state index in [0.29, 0.717) is 5.75 Å². The second-order valence-electron chi connectivity index (χ2n) is 2.63. The van der Waals surface area contributed by atoms with E-state index in [0.717, 1.165) is 10.9 Å². The molecule has 2 N–H and O–H groups in total. The van der Waals surface area contributed by atoms with E-state index in [-0.39, 0.29) is 5.95 Å². The fourth-order valence-corrected chi connectivity index (χ4v) is 1.21. The summed E-state index contributed by atoms with van der Waals surface area (Å²) in [7, 11) is 1.60. The van der Waals surface area contributed by atoms with Crippen LogP contribution in [0.25, 0.3) is 10.9 Å². The van der Waals surface area contributed by atoms with Gasteiger partial charge < -0.3 is 10.5 Å². The molecule has 13 heavy (non-hydrogen) atoms. The first-order valence-corrected chi connectivity index (χ1v) is 3.86. The third kappa shape index (κ3) is 1.26. The highest BCUT2D eigenvalue weighted by molar-refractivity contribution is 5.84. The van der Waals surface area contributed by atoms with Crippen LogP contribution in [-0.4, -0.2) is 17.1 Å². The zero-order valence-corrected chi connectivity index (χ0v) is 7.19. The van der Waals surface area contributed by atoms with Gasteiger partial charge in [0.05, 0.1) is 7.11 Å². The van der Waals surface area contributed by atoms with Crippen molar-refractivity contribution in [3.8, 4) is 5.75 Å². The molecular weight excluding hydrogens is 166 g/mol. The van der Waals surface area contributed by atoms with Crippen LogP contribution >= 0.6 is 0 Å². The molecule has 0 aliphatic rings. The first-order chi connectivity index (χ1) is 6.31. The van der Waals surface area contributed by atoms with Gasteiger partial charge in [0, 0.05) is 11.6 Å². The Labute approximate surface area is 75.4 Å². The van der Waals surface area contributed by atoms with E-state index in [1.165, 1.54) is 0 Å². The molecule has 0 radical (unpaired) electrons. The van der Waals surface area contributed by atoms with E-state index in [1.807, 2.05) is 18.2 Å². The molecule has 2 aromatic rings. The molecule has 0 bridgehead atoms. The molecule has 1 aromatic heterocycles. The minimum Gasteiger partial charge on any atom is -0.494 e. The number of nitrogens with two attached hydrogens (primary N) is 1. The summed E-state index contributed by atoms with van der Waals surface area (Å²) in [6.07, 6.45) is 1.68. The summed E-state index contributed by atoms with van der Waals surface area (Å²) < 4.78 is 5.14. The number of nitrogen functional groups attached to an aromatic ring is 1. The van der Waals surface area contributed by atoms with Gasteiger partial charge in [0.15, 0.2) is 0 Å². The lowest BCUT2D eigenvalue weighted by atomic mass is 10.2. The average molecular weight is 175 g/mol. The number of anilines is 1. The zero-order chi connectivity index (χ0) is 9.26. The topological polar surface area (TPSA) is 61.0 Å². The first kappa shape index (κ1) is 7.79. The highest BCUT2D eigenvalue weighted by Gasteiger charge is 2.02. The van der Waals surface area contributed by atoms with E-state index in [1.54, 1.807) is 13.3 Å². The van der Waals surface area contributed by atoms with Crippen molar-refractivity contribution in [1.29, 1.82) is 0 Å². The summed E-state index contributed by atoms with van der Waals surface area (Å²) in [6.45, 7) is 0. The molecule has 66 valence electrons. The fraction of sp³-hybridized carbons (Fsp3) is 0.111. The van der Waals surface area contributed by atoms with Gasteiger partial charge >= 0.3 is 0 Å². The smallest absolute Gasteiger partial charge is 0.220 e. The second-order valence-corrected chi connectivity index (χ2v) is 2.63. The van der Waals surface area contributed by atoms with Crippen molar-refractivity contribution < 1.29 is 4.74 Å². The minimum absolute atomic E-state index is 0.261. The van der Waals surface area contributed by atoms with Crippen molar-refractivity contribution in [2.75, 3.05) is 12.8 Å². The molecule has 0 saturated heterocycles. The van der Waals surface area contributed by atoms with Gasteiger partial charge in [-0.05, 0) is 6.07 Å². The Kier molecular flexibility index (Phi) is 1.73. The summed E-state index contributed by atoms with van der Waals surface area (Å²) in [5.74, 6) is 0.976. The lowest BCUT2D eigenvalue weighted by Gasteiger charge is -2.03. The Balaban J connectivity index is 2.79. The molecule has 2 rings (SSSR count). The summed E-state index contributed by atoms with van der Waals surface area (Å²) in [5, 5.41) is 0.925. The molecule has 0 atom stereocenters. The molecule has 1 heterocycles. The monoisotopic (exact) mass is 175 g/mol. The van der Waals surface area contributed by atoms with Crippen molar-refractivity contribution in [1.82, 2.24) is 9.97 Å². The Morgan fingerprint density at radius 1 is 1.38 bits per heavy atom. The van der Waals surface area contributed by atoms with E-state index in [9.17, 15) is 0 Å². The van der Waals surface area contributed by atoms with Gasteiger partial charge in [0.1, 0.15) is 11.3 Å². The van der Waals surface area contributed by atoms with Crippen molar-refractivity contribution in [3.63, 3.8) is 0 Å². The molecule has 4 heteroatoms. The van der Waals surface area contributed by atoms with Crippen LogP contribution in [0, 0.1) is 0 Å². The van der Waals surface area contributed by atoms with Crippen LogP contribution in [0.15, 0.2) is 24.4 Å². The number of ether oxygens (including phenoxy) is 1. The van der Waals surface area contributed by atoms with Crippen LogP contribution in [0.2, 0.25) is 0 Å². The van der Waals surface area contributed by atoms with Gasteiger partial charge in [-0.25, -0.2) is 9.97 Å². The normalized spacial score (nSPS) is 10.2. The van der Waals surface area contributed by atoms with Crippen LogP contribution in [0.3, 0.4) is 0 Å². The van der Waals surface area contributed by atoms with Gasteiger partial charge in [-0.15, -0.1) is 0 Å². The van der Waals surface area contributed by atoms with E-state index in [4.69, 9.17) is 10.5 Å². The number of nitrogens with zero attached hydrogens (tertiary/aromatic N) is 2. The zero-order valence-electron chi connectivity index (χ0n) is 7.19. The quantitative estimate of drug-likeness (QED) is 0.707. The van der Waals surface area contributed by atoms with Crippen molar-refractivity contribution in [2.24, 2.45) is 0 Å². The Morgan fingerprint density at radius 2 is 2.23 bits per heavy atom. The molecule has 0 unspecified atom stereocenters. The minimum atomic E-state index is 0.261. The van der Waals surface area contributed by atoms with E-state index < -0.39 is 0 Å². The van der Waals surface area contributed by atoms with Crippen molar-refractivity contribution in [2.45, 2.75) is 0 Å². The SMILES string of the molecule is COc1cccc2cnc(N)nc12. The van der Waals surface area contributed by atoms with Crippen molar-refractivity contribution >= 4 is 16.9 Å². The second kappa shape index (κ2) is 2.90. The molecule has 0 aliphatic carbocycles. The number of rotatable bonds is 1. The molecular formula is C9H9N3O. The molecule has 0 aliphatic heterocycles. The highest BCUT2D eigenvalue weighted by atomic mass is 16.5. The van der Waals surface area contributed by atoms with E-state index in [2.05, 4.69) is 9.97 Å². The summed E-state index contributed by atoms with van der Waals surface area (Å²) in [5.41, 5.74) is 6.22. The lowest BCUT2D eigenvalue weighted by molar-refractivity contribution is 0.419. The van der Waals surface area contributed by atoms with Gasteiger partial charge in [0.2, 0.25) is 5.95 Å². The van der Waals surface area contributed by atoms with Crippen LogP contribution in [-0.2, 0) is 0 Å². The Hall–Kier alpha value is -1.84. The van der Waals surface area contributed by atoms with Crippen molar-refractivity contribution in [3.05, 3.63) is 24.4 Å². The maximum absolute atomic E-state index is 5.47. The van der Waals surface area contributed by atoms with Gasteiger partial charge in [-0.3, -0.25) is 0 Å². The van der Waals surface area contributed by atoms with Gasteiger partial charge in [-0.1, -0.05) is 12.1 Å². The molecule has 4 nitrogen and oxygen atoms in total. The number of hydrogen-bond acceptors (Lipinski definition) is 4. The molecule has 1 aromatic carbocycles. The van der Waals surface area contributed by atoms with Crippen LogP contribution in [0.5, 0.6) is 5.75 Å². The Morgan fingerprint density at radius 3 is 3.00 bits per heavy atom. The summed E-state index contributed by atoms with van der Waals surface area (Å²) in [6, 6.07) is 5.65. The maximum atomic E-state index is 5.47.